The number of hydrogen-bond acceptors (Lipinski definition) is 3. The molecule has 3 nitrogen and oxygen atoms in total. The van der Waals surface area contributed by atoms with Crippen LogP contribution in [0.5, 0.6) is 0 Å². The molecule has 1 aromatic carbocycles. The minimum atomic E-state index is 0.380. The molecule has 0 saturated heterocycles. The number of nitrogens with two attached hydrogens (primary N) is 1. The van der Waals surface area contributed by atoms with Gasteiger partial charge in [-0.15, -0.1) is 0 Å². The summed E-state index contributed by atoms with van der Waals surface area (Å²) in [6.07, 6.45) is 3.84. The first-order valence-electron chi connectivity index (χ1n) is 6.76. The molecule has 0 spiro atoms. The normalized spacial score (nSPS) is 12.8. The van der Waals surface area contributed by atoms with Crippen LogP contribution in [0.3, 0.4) is 0 Å². The van der Waals surface area contributed by atoms with E-state index in [0.717, 1.165) is 25.1 Å². The molecule has 1 aromatic heterocycles. The zero-order valence-corrected chi connectivity index (χ0v) is 11.5. The monoisotopic (exact) mass is 258 g/mol. The zero-order valence-electron chi connectivity index (χ0n) is 11.5. The second kappa shape index (κ2) is 7.12. The summed E-state index contributed by atoms with van der Waals surface area (Å²) in [5.41, 5.74) is 7.26. The third-order valence-electron chi connectivity index (χ3n) is 3.49. The van der Waals surface area contributed by atoms with E-state index in [0.29, 0.717) is 12.6 Å². The lowest BCUT2D eigenvalue weighted by Gasteiger charge is -2.26. The van der Waals surface area contributed by atoms with E-state index in [9.17, 15) is 0 Å². The lowest BCUT2D eigenvalue weighted by atomic mass is 10.0. The Balaban J connectivity index is 1.85. The van der Waals surface area contributed by atoms with Crippen LogP contribution in [0.2, 0.25) is 0 Å². The van der Waals surface area contributed by atoms with Gasteiger partial charge in [0.2, 0.25) is 0 Å². The van der Waals surface area contributed by atoms with Crippen molar-refractivity contribution in [2.24, 2.45) is 5.73 Å². The fraction of sp³-hybridized carbons (Fsp3) is 0.375. The summed E-state index contributed by atoms with van der Waals surface area (Å²) in [6.45, 7) is 1.48. The maximum Gasteiger partial charge on any atom is 0.117 e. The van der Waals surface area contributed by atoms with Crippen molar-refractivity contribution in [1.29, 1.82) is 0 Å². The molecule has 3 heteroatoms. The van der Waals surface area contributed by atoms with Crippen LogP contribution < -0.4 is 5.73 Å². The Hall–Kier alpha value is -1.58. The van der Waals surface area contributed by atoms with E-state index in [2.05, 4.69) is 36.2 Å². The molecule has 102 valence electrons. The van der Waals surface area contributed by atoms with Crippen LogP contribution in [0.15, 0.2) is 53.1 Å². The smallest absolute Gasteiger partial charge is 0.117 e. The molecule has 0 saturated carbocycles. The fourth-order valence-corrected chi connectivity index (χ4v) is 2.27. The Kier molecular flexibility index (Phi) is 5.19. The maximum atomic E-state index is 5.89. The summed E-state index contributed by atoms with van der Waals surface area (Å²) in [6, 6.07) is 14.8. The molecule has 1 atom stereocenters. The third kappa shape index (κ3) is 4.23. The van der Waals surface area contributed by atoms with Crippen molar-refractivity contribution < 1.29 is 4.42 Å². The Bertz CT molecular complexity index is 453. The Morgan fingerprint density at radius 1 is 1.16 bits per heavy atom. The Labute approximate surface area is 115 Å². The molecule has 1 unspecified atom stereocenters. The molecule has 0 aliphatic rings. The van der Waals surface area contributed by atoms with Crippen LogP contribution >= 0.6 is 0 Å². The molecule has 2 aromatic rings. The quantitative estimate of drug-likeness (QED) is 0.830. The summed E-state index contributed by atoms with van der Waals surface area (Å²) < 4.78 is 5.38. The number of hydrogen-bond donors (Lipinski definition) is 1. The third-order valence-corrected chi connectivity index (χ3v) is 3.49. The minimum Gasteiger partial charge on any atom is -0.468 e. The van der Waals surface area contributed by atoms with Crippen molar-refractivity contribution in [2.45, 2.75) is 25.4 Å². The highest BCUT2D eigenvalue weighted by Crippen LogP contribution is 2.12. The molecule has 2 N–H and O–H groups in total. The fourth-order valence-electron chi connectivity index (χ4n) is 2.27. The maximum absolute atomic E-state index is 5.89. The summed E-state index contributed by atoms with van der Waals surface area (Å²) >= 11 is 0. The van der Waals surface area contributed by atoms with E-state index >= 15 is 0 Å². The summed E-state index contributed by atoms with van der Waals surface area (Å²) in [4.78, 5) is 2.27. The molecular weight excluding hydrogens is 236 g/mol. The predicted octanol–water partition coefficient (Wildman–Crippen LogP) is 2.67. The van der Waals surface area contributed by atoms with Gasteiger partial charge in [0.15, 0.2) is 0 Å². The average molecular weight is 258 g/mol. The highest BCUT2D eigenvalue weighted by atomic mass is 16.3. The SMILES string of the molecule is CN(Cc1ccco1)C(CN)CCc1ccccc1. The number of aryl methyl sites for hydroxylation is 1. The first-order valence-corrected chi connectivity index (χ1v) is 6.76. The molecule has 0 aliphatic heterocycles. The molecule has 1 heterocycles. The number of likely N-dealkylation sites (N-methyl/N-ethyl adjacent to an activating group) is 1. The zero-order chi connectivity index (χ0) is 13.5. The van der Waals surface area contributed by atoms with Gasteiger partial charge >= 0.3 is 0 Å². The predicted molar refractivity (Wildman–Crippen MR) is 77.8 cm³/mol. The van der Waals surface area contributed by atoms with Crippen LogP contribution in [-0.2, 0) is 13.0 Å². The van der Waals surface area contributed by atoms with E-state index in [-0.39, 0.29) is 0 Å². The molecule has 0 amide bonds. The first-order chi connectivity index (χ1) is 9.29. The molecule has 2 rings (SSSR count). The van der Waals surface area contributed by atoms with Crippen molar-refractivity contribution in [3.05, 3.63) is 60.1 Å². The van der Waals surface area contributed by atoms with Crippen molar-refractivity contribution in [3.63, 3.8) is 0 Å². The van der Waals surface area contributed by atoms with Gasteiger partial charge in [0.25, 0.3) is 0 Å². The van der Waals surface area contributed by atoms with Crippen LogP contribution in [0.1, 0.15) is 17.7 Å². The van der Waals surface area contributed by atoms with Gasteiger partial charge in [0.05, 0.1) is 12.8 Å². The number of furan rings is 1. The van der Waals surface area contributed by atoms with Crippen LogP contribution in [0.4, 0.5) is 0 Å². The van der Waals surface area contributed by atoms with Crippen LogP contribution in [0.25, 0.3) is 0 Å². The lowest BCUT2D eigenvalue weighted by molar-refractivity contribution is 0.211. The van der Waals surface area contributed by atoms with E-state index in [1.165, 1.54) is 5.56 Å². The van der Waals surface area contributed by atoms with Gasteiger partial charge in [0, 0.05) is 12.6 Å². The molecule has 19 heavy (non-hydrogen) atoms. The second-order valence-electron chi connectivity index (χ2n) is 4.91. The van der Waals surface area contributed by atoms with Gasteiger partial charge in [-0.1, -0.05) is 30.3 Å². The van der Waals surface area contributed by atoms with Crippen molar-refractivity contribution in [3.8, 4) is 0 Å². The average Bonchev–Trinajstić information content (AvgIpc) is 2.93. The van der Waals surface area contributed by atoms with Gasteiger partial charge in [0.1, 0.15) is 5.76 Å². The Morgan fingerprint density at radius 2 is 1.95 bits per heavy atom. The highest BCUT2D eigenvalue weighted by Gasteiger charge is 2.14. The molecule has 0 bridgehead atoms. The van der Waals surface area contributed by atoms with Gasteiger partial charge in [-0.2, -0.15) is 0 Å². The molecule has 0 aliphatic carbocycles. The summed E-state index contributed by atoms with van der Waals surface area (Å²) in [7, 11) is 2.10. The number of nitrogens with zero attached hydrogens (tertiary/aromatic N) is 1. The number of benzene rings is 1. The lowest BCUT2D eigenvalue weighted by Crippen LogP contribution is -2.37. The Morgan fingerprint density at radius 3 is 2.58 bits per heavy atom. The summed E-state index contributed by atoms with van der Waals surface area (Å²) in [5, 5.41) is 0. The van der Waals surface area contributed by atoms with Gasteiger partial charge in [-0.05, 0) is 37.6 Å². The standard InChI is InChI=1S/C16H22N2O/c1-18(13-16-8-5-11-19-16)15(12-17)10-9-14-6-3-2-4-7-14/h2-8,11,15H,9-10,12-13,17H2,1H3. The number of rotatable bonds is 7. The van der Waals surface area contributed by atoms with E-state index in [1.54, 1.807) is 6.26 Å². The highest BCUT2D eigenvalue weighted by molar-refractivity contribution is 5.14. The van der Waals surface area contributed by atoms with Crippen LogP contribution in [0, 0.1) is 0 Å². The van der Waals surface area contributed by atoms with Gasteiger partial charge in [-0.3, -0.25) is 4.90 Å². The van der Waals surface area contributed by atoms with E-state index in [4.69, 9.17) is 10.2 Å². The first kappa shape index (κ1) is 13.8. The van der Waals surface area contributed by atoms with E-state index in [1.807, 2.05) is 18.2 Å². The largest absolute Gasteiger partial charge is 0.468 e. The van der Waals surface area contributed by atoms with Crippen molar-refractivity contribution in [1.82, 2.24) is 4.90 Å². The topological polar surface area (TPSA) is 42.4 Å². The second-order valence-corrected chi connectivity index (χ2v) is 4.91. The van der Waals surface area contributed by atoms with Gasteiger partial charge in [-0.25, -0.2) is 0 Å². The van der Waals surface area contributed by atoms with E-state index < -0.39 is 0 Å². The minimum absolute atomic E-state index is 0.380. The van der Waals surface area contributed by atoms with Crippen molar-refractivity contribution in [2.75, 3.05) is 13.6 Å². The van der Waals surface area contributed by atoms with Crippen LogP contribution in [-0.4, -0.2) is 24.5 Å². The molecule has 0 radical (unpaired) electrons. The molecule has 0 fully saturated rings. The van der Waals surface area contributed by atoms with Gasteiger partial charge < -0.3 is 10.2 Å². The molecular formula is C16H22N2O. The summed E-state index contributed by atoms with van der Waals surface area (Å²) in [5.74, 6) is 0.987. The van der Waals surface area contributed by atoms with Crippen molar-refractivity contribution >= 4 is 0 Å².